The van der Waals surface area contributed by atoms with Crippen molar-refractivity contribution in [3.8, 4) is 0 Å². The molecule has 0 aromatic carbocycles. The molecule has 3 aliphatic carbocycles. The van der Waals surface area contributed by atoms with Crippen molar-refractivity contribution in [3.63, 3.8) is 0 Å². The molecule has 0 saturated heterocycles. The highest BCUT2D eigenvalue weighted by atomic mass is 16.5. The molecule has 4 nitrogen and oxygen atoms in total. The van der Waals surface area contributed by atoms with E-state index in [1.165, 1.54) is 13.5 Å². The van der Waals surface area contributed by atoms with Gasteiger partial charge in [-0.05, 0) is 69.6 Å². The molecule has 0 bridgehead atoms. The van der Waals surface area contributed by atoms with Crippen molar-refractivity contribution in [1.29, 1.82) is 0 Å². The summed E-state index contributed by atoms with van der Waals surface area (Å²) in [6.45, 7) is 10.6. The van der Waals surface area contributed by atoms with Crippen molar-refractivity contribution in [2.24, 2.45) is 28.1 Å². The van der Waals surface area contributed by atoms with E-state index in [2.05, 4.69) is 39.1 Å². The second kappa shape index (κ2) is 6.93. The fraction of sp³-hybridized carbons (Fsp3) is 0.826. The van der Waals surface area contributed by atoms with Crippen molar-refractivity contribution in [2.45, 2.75) is 85.6 Å². The van der Waals surface area contributed by atoms with Gasteiger partial charge < -0.3 is 10.1 Å². The normalized spacial score (nSPS) is 42.2. The van der Waals surface area contributed by atoms with Crippen molar-refractivity contribution in [1.82, 2.24) is 5.32 Å². The summed E-state index contributed by atoms with van der Waals surface area (Å²) in [5.74, 6) is 0.968. The molecule has 0 aromatic heterocycles. The maximum atomic E-state index is 12.7. The molecule has 1 N–H and O–H groups in total. The lowest BCUT2D eigenvalue weighted by atomic mass is 9.45. The van der Waals surface area contributed by atoms with E-state index in [-0.39, 0.29) is 34.2 Å². The van der Waals surface area contributed by atoms with Crippen molar-refractivity contribution < 1.29 is 14.3 Å². The summed E-state index contributed by atoms with van der Waals surface area (Å²) in [6, 6.07) is 0.140. The summed E-state index contributed by atoms with van der Waals surface area (Å²) in [7, 11) is 1.53. The average Bonchev–Trinajstić information content (AvgIpc) is 2.59. The fourth-order valence-electron chi connectivity index (χ4n) is 6.81. The van der Waals surface area contributed by atoms with Gasteiger partial charge in [0.05, 0.1) is 12.5 Å². The van der Waals surface area contributed by atoms with E-state index in [0.717, 1.165) is 38.5 Å². The van der Waals surface area contributed by atoms with E-state index >= 15 is 0 Å². The van der Waals surface area contributed by atoms with Gasteiger partial charge in [-0.15, -0.1) is 0 Å². The first-order valence-electron chi connectivity index (χ1n) is 10.6. The van der Waals surface area contributed by atoms with Crippen LogP contribution in [0.2, 0.25) is 0 Å². The molecule has 1 amide bonds. The van der Waals surface area contributed by atoms with Crippen LogP contribution in [0.15, 0.2) is 11.6 Å². The lowest BCUT2D eigenvalue weighted by molar-refractivity contribution is -0.168. The minimum atomic E-state index is -0.350. The number of hydrogen-bond donors (Lipinski definition) is 1. The summed E-state index contributed by atoms with van der Waals surface area (Å²) in [5.41, 5.74) is 1.40. The third kappa shape index (κ3) is 3.23. The number of carbonyl (C=O) groups is 2. The first kappa shape index (κ1) is 20.4. The van der Waals surface area contributed by atoms with E-state index in [0.29, 0.717) is 11.8 Å². The number of hydrogen-bond acceptors (Lipinski definition) is 3. The van der Waals surface area contributed by atoms with Gasteiger partial charge in [0.15, 0.2) is 0 Å². The van der Waals surface area contributed by atoms with Crippen LogP contribution in [0, 0.1) is 28.1 Å². The monoisotopic (exact) mass is 375 g/mol. The minimum Gasteiger partial charge on any atom is -0.469 e. The number of esters is 1. The van der Waals surface area contributed by atoms with E-state index in [1.807, 2.05) is 0 Å². The van der Waals surface area contributed by atoms with Gasteiger partial charge >= 0.3 is 5.97 Å². The Labute approximate surface area is 164 Å². The smallest absolute Gasteiger partial charge is 0.311 e. The van der Waals surface area contributed by atoms with Gasteiger partial charge in [0.25, 0.3) is 0 Å². The molecule has 0 aliphatic heterocycles. The van der Waals surface area contributed by atoms with Gasteiger partial charge in [-0.3, -0.25) is 9.59 Å². The topological polar surface area (TPSA) is 55.4 Å². The van der Waals surface area contributed by atoms with Crippen LogP contribution < -0.4 is 5.32 Å². The van der Waals surface area contributed by atoms with E-state index < -0.39 is 0 Å². The molecule has 0 unspecified atom stereocenters. The highest BCUT2D eigenvalue weighted by molar-refractivity contribution is 5.77. The number of ether oxygens (including phenoxy) is 1. The molecular weight excluding hydrogens is 338 g/mol. The van der Waals surface area contributed by atoms with Crippen LogP contribution >= 0.6 is 0 Å². The largest absolute Gasteiger partial charge is 0.469 e. The van der Waals surface area contributed by atoms with Crippen LogP contribution in [0.1, 0.15) is 79.6 Å². The zero-order chi connectivity index (χ0) is 20.0. The molecule has 4 heteroatoms. The Kier molecular flexibility index (Phi) is 5.24. The SMILES string of the molecule is COC(=O)[C@]1(C)CCC[C@]2(C)[C@@H]3CC[C@@](C)([C@@H](C)NC(C)=O)C=C3CC[C@H]21. The Morgan fingerprint density at radius 2 is 1.89 bits per heavy atom. The number of amides is 1. The van der Waals surface area contributed by atoms with E-state index in [4.69, 9.17) is 4.74 Å². The highest BCUT2D eigenvalue weighted by Gasteiger charge is 2.59. The first-order chi connectivity index (χ1) is 12.6. The van der Waals surface area contributed by atoms with Crippen LogP contribution in [0.4, 0.5) is 0 Å². The number of carbonyl (C=O) groups excluding carboxylic acids is 2. The molecule has 3 rings (SSSR count). The fourth-order valence-corrected chi connectivity index (χ4v) is 6.81. The molecule has 2 fully saturated rings. The quantitative estimate of drug-likeness (QED) is 0.578. The molecule has 6 atom stereocenters. The molecular formula is C23H37NO3. The second-order valence-electron chi connectivity index (χ2n) is 10.1. The molecule has 0 heterocycles. The molecule has 2 saturated carbocycles. The van der Waals surface area contributed by atoms with Crippen molar-refractivity contribution >= 4 is 11.9 Å². The zero-order valence-corrected chi connectivity index (χ0v) is 18.0. The van der Waals surface area contributed by atoms with Gasteiger partial charge in [-0.2, -0.15) is 0 Å². The summed E-state index contributed by atoms with van der Waals surface area (Å²) >= 11 is 0. The van der Waals surface area contributed by atoms with E-state index in [1.54, 1.807) is 12.5 Å². The Balaban J connectivity index is 1.91. The van der Waals surface area contributed by atoms with Gasteiger partial charge in [-0.25, -0.2) is 0 Å². The minimum absolute atomic E-state index is 0.0149. The maximum absolute atomic E-state index is 12.7. The molecule has 0 aromatic rings. The van der Waals surface area contributed by atoms with Crippen LogP contribution in [0.3, 0.4) is 0 Å². The van der Waals surface area contributed by atoms with Gasteiger partial charge in [0.1, 0.15) is 0 Å². The third-order valence-corrected chi connectivity index (χ3v) is 8.49. The Morgan fingerprint density at radius 1 is 1.19 bits per heavy atom. The Hall–Kier alpha value is -1.32. The predicted molar refractivity (Wildman–Crippen MR) is 107 cm³/mol. The summed E-state index contributed by atoms with van der Waals surface area (Å²) in [4.78, 5) is 24.2. The number of nitrogens with one attached hydrogen (secondary N) is 1. The molecule has 3 aliphatic rings. The Morgan fingerprint density at radius 3 is 2.52 bits per heavy atom. The summed E-state index contributed by atoms with van der Waals surface area (Å²) in [5, 5.41) is 3.11. The Bertz CT molecular complexity index is 656. The van der Waals surface area contributed by atoms with Crippen LogP contribution in [0.5, 0.6) is 0 Å². The van der Waals surface area contributed by atoms with Crippen LogP contribution in [-0.2, 0) is 14.3 Å². The third-order valence-electron chi connectivity index (χ3n) is 8.49. The van der Waals surface area contributed by atoms with Crippen LogP contribution in [0.25, 0.3) is 0 Å². The number of fused-ring (bicyclic) bond motifs is 3. The summed E-state index contributed by atoms with van der Waals surface area (Å²) in [6.07, 6.45) is 10.1. The summed E-state index contributed by atoms with van der Waals surface area (Å²) < 4.78 is 5.23. The lowest BCUT2D eigenvalue weighted by Gasteiger charge is -2.59. The van der Waals surface area contributed by atoms with E-state index in [9.17, 15) is 9.59 Å². The second-order valence-corrected chi connectivity index (χ2v) is 10.1. The molecule has 27 heavy (non-hydrogen) atoms. The molecule has 152 valence electrons. The standard InChI is InChI=1S/C23H37NO3/c1-15(24-16(2)25)21(3)13-10-18-17(14-21)8-9-19-22(18,4)11-7-12-23(19,5)20(26)27-6/h14-15,18-19H,7-13H2,1-6H3,(H,24,25)/t15-,18-,19-,21-,22-,23-/m1/s1. The molecule has 0 spiro atoms. The number of allylic oxidation sites excluding steroid dienone is 1. The zero-order valence-electron chi connectivity index (χ0n) is 18.0. The number of rotatable bonds is 3. The van der Waals surface area contributed by atoms with Crippen molar-refractivity contribution in [3.05, 3.63) is 11.6 Å². The van der Waals surface area contributed by atoms with Gasteiger partial charge in [-0.1, -0.05) is 31.9 Å². The highest BCUT2D eigenvalue weighted by Crippen LogP contribution is 2.64. The maximum Gasteiger partial charge on any atom is 0.311 e. The van der Waals surface area contributed by atoms with Gasteiger partial charge in [0, 0.05) is 18.4 Å². The average molecular weight is 376 g/mol. The van der Waals surface area contributed by atoms with Crippen molar-refractivity contribution in [2.75, 3.05) is 7.11 Å². The molecule has 0 radical (unpaired) electrons. The first-order valence-corrected chi connectivity index (χ1v) is 10.6. The number of methoxy groups -OCH3 is 1. The lowest BCUT2D eigenvalue weighted by Crippen LogP contribution is -2.55. The predicted octanol–water partition coefficient (Wildman–Crippen LogP) is 4.63. The van der Waals surface area contributed by atoms with Crippen LogP contribution in [-0.4, -0.2) is 25.0 Å². The van der Waals surface area contributed by atoms with Gasteiger partial charge in [0.2, 0.25) is 5.91 Å².